The van der Waals surface area contributed by atoms with E-state index in [1.807, 2.05) is 0 Å². The third-order valence-corrected chi connectivity index (χ3v) is 5.37. The topological polar surface area (TPSA) is 0 Å². The Balaban J connectivity index is 2.42. The summed E-state index contributed by atoms with van der Waals surface area (Å²) < 4.78 is 39.7. The maximum Gasteiger partial charge on any atom is 0.194 e. The van der Waals surface area contributed by atoms with Gasteiger partial charge in [0.25, 0.3) is 0 Å². The molecule has 0 fully saturated rings. The Hall–Kier alpha value is -0.230. The van der Waals surface area contributed by atoms with E-state index in [4.69, 9.17) is 23.2 Å². The first-order chi connectivity index (χ1) is 8.40. The third kappa shape index (κ3) is 2.69. The van der Waals surface area contributed by atoms with Crippen LogP contribution in [0.2, 0.25) is 5.02 Å². The molecule has 1 heterocycles. The lowest BCUT2D eigenvalue weighted by Gasteiger charge is -2.08. The van der Waals surface area contributed by atoms with Crippen molar-refractivity contribution in [2.45, 2.75) is 5.38 Å². The van der Waals surface area contributed by atoms with E-state index in [-0.39, 0.29) is 5.56 Å². The summed E-state index contributed by atoms with van der Waals surface area (Å²) in [4.78, 5) is 0.610. The monoisotopic (exact) mass is 374 g/mol. The fraction of sp³-hybridized carbons (Fsp3) is 0.0909. The van der Waals surface area contributed by atoms with Crippen molar-refractivity contribution in [1.82, 2.24) is 0 Å². The predicted molar refractivity (Wildman–Crippen MR) is 71.0 cm³/mol. The molecule has 0 amide bonds. The van der Waals surface area contributed by atoms with Gasteiger partial charge in [-0.05, 0) is 39.7 Å². The summed E-state index contributed by atoms with van der Waals surface area (Å²) in [5.41, 5.74) is 0.137. The molecule has 1 aromatic heterocycles. The lowest BCUT2D eigenvalue weighted by atomic mass is 10.1. The van der Waals surface area contributed by atoms with Crippen LogP contribution in [0.1, 0.15) is 15.8 Å². The average Bonchev–Trinajstić information content (AvgIpc) is 2.65. The Labute approximate surface area is 123 Å². The van der Waals surface area contributed by atoms with Crippen molar-refractivity contribution in [2.24, 2.45) is 0 Å². The van der Waals surface area contributed by atoms with Crippen LogP contribution in [0.25, 0.3) is 0 Å². The van der Waals surface area contributed by atoms with Gasteiger partial charge in [0.05, 0.1) is 14.2 Å². The fourth-order valence-corrected chi connectivity index (χ4v) is 3.45. The number of alkyl halides is 1. The van der Waals surface area contributed by atoms with E-state index >= 15 is 0 Å². The minimum Gasteiger partial charge on any atom is -0.204 e. The van der Waals surface area contributed by atoms with Crippen LogP contribution in [-0.2, 0) is 0 Å². The third-order valence-electron chi connectivity index (χ3n) is 2.21. The zero-order valence-corrected chi connectivity index (χ0v) is 12.4. The van der Waals surface area contributed by atoms with Crippen LogP contribution in [0, 0.1) is 17.5 Å². The molecule has 2 aromatic rings. The van der Waals surface area contributed by atoms with Crippen molar-refractivity contribution >= 4 is 50.5 Å². The first-order valence-corrected chi connectivity index (χ1v) is 7.05. The molecule has 0 radical (unpaired) electrons. The number of rotatable bonds is 2. The van der Waals surface area contributed by atoms with E-state index in [0.29, 0.717) is 13.7 Å². The van der Waals surface area contributed by atoms with Gasteiger partial charge in [0, 0.05) is 4.88 Å². The molecule has 18 heavy (non-hydrogen) atoms. The molecule has 0 bridgehead atoms. The number of thiophene rings is 1. The molecule has 1 aromatic carbocycles. The van der Waals surface area contributed by atoms with Gasteiger partial charge in [-0.1, -0.05) is 11.6 Å². The first-order valence-electron chi connectivity index (χ1n) is 4.63. The molecule has 0 nitrogen and oxygen atoms in total. The summed E-state index contributed by atoms with van der Waals surface area (Å²) in [6.45, 7) is 0. The van der Waals surface area contributed by atoms with Crippen LogP contribution in [0.15, 0.2) is 22.0 Å². The number of hydrogen-bond donors (Lipinski definition) is 0. The molecule has 96 valence electrons. The number of benzene rings is 1. The summed E-state index contributed by atoms with van der Waals surface area (Å²) >= 11 is 16.4. The quantitative estimate of drug-likeness (QED) is 0.452. The van der Waals surface area contributed by atoms with Crippen LogP contribution in [0.4, 0.5) is 13.2 Å². The van der Waals surface area contributed by atoms with E-state index in [2.05, 4.69) is 15.9 Å². The summed E-state index contributed by atoms with van der Waals surface area (Å²) in [5.74, 6) is -4.04. The van der Waals surface area contributed by atoms with E-state index in [9.17, 15) is 13.2 Å². The maximum atomic E-state index is 13.1. The molecule has 0 spiro atoms. The van der Waals surface area contributed by atoms with Crippen molar-refractivity contribution < 1.29 is 13.2 Å². The van der Waals surface area contributed by atoms with Gasteiger partial charge in [-0.15, -0.1) is 22.9 Å². The Bertz CT molecular complexity index is 557. The second-order valence-electron chi connectivity index (χ2n) is 3.43. The molecule has 0 aliphatic rings. The normalized spacial score (nSPS) is 12.8. The molecule has 7 heteroatoms. The molecule has 1 unspecified atom stereocenters. The smallest absolute Gasteiger partial charge is 0.194 e. The molecule has 2 rings (SSSR count). The Morgan fingerprint density at radius 3 is 2.11 bits per heavy atom. The predicted octanol–water partition coefficient (Wildman–Crippen LogP) is 5.91. The highest BCUT2D eigenvalue weighted by atomic mass is 79.9. The summed E-state index contributed by atoms with van der Waals surface area (Å²) in [6.07, 6.45) is 0. The average molecular weight is 376 g/mol. The Kier molecular flexibility index (Phi) is 4.26. The van der Waals surface area contributed by atoms with Crippen LogP contribution in [-0.4, -0.2) is 0 Å². The zero-order chi connectivity index (χ0) is 13.4. The van der Waals surface area contributed by atoms with Crippen molar-refractivity contribution in [1.29, 1.82) is 0 Å². The van der Waals surface area contributed by atoms with Gasteiger partial charge in [0.15, 0.2) is 17.5 Å². The molecule has 0 saturated carbocycles. The Morgan fingerprint density at radius 1 is 1.11 bits per heavy atom. The van der Waals surface area contributed by atoms with Gasteiger partial charge in [0.2, 0.25) is 0 Å². The van der Waals surface area contributed by atoms with Crippen LogP contribution < -0.4 is 0 Å². The zero-order valence-electron chi connectivity index (χ0n) is 8.49. The molecule has 1 atom stereocenters. The van der Waals surface area contributed by atoms with E-state index in [0.717, 1.165) is 12.1 Å². The van der Waals surface area contributed by atoms with E-state index in [1.54, 1.807) is 6.07 Å². The second kappa shape index (κ2) is 5.41. The van der Waals surface area contributed by atoms with Gasteiger partial charge in [-0.25, -0.2) is 13.2 Å². The highest BCUT2D eigenvalue weighted by molar-refractivity contribution is 9.11. The van der Waals surface area contributed by atoms with Crippen molar-refractivity contribution in [3.8, 4) is 0 Å². The minimum atomic E-state index is -1.51. The summed E-state index contributed by atoms with van der Waals surface area (Å²) in [5, 5.41) is -0.327. The highest BCUT2D eigenvalue weighted by Gasteiger charge is 2.19. The molecule has 0 N–H and O–H groups in total. The van der Waals surface area contributed by atoms with Gasteiger partial charge in [-0.3, -0.25) is 0 Å². The molecule has 0 aliphatic carbocycles. The summed E-state index contributed by atoms with van der Waals surface area (Å²) in [6, 6.07) is 3.34. The van der Waals surface area contributed by atoms with Crippen molar-refractivity contribution in [3.63, 3.8) is 0 Å². The summed E-state index contributed by atoms with van der Waals surface area (Å²) in [7, 11) is 0. The Morgan fingerprint density at radius 2 is 1.67 bits per heavy atom. The van der Waals surface area contributed by atoms with Crippen molar-refractivity contribution in [3.05, 3.63) is 54.9 Å². The largest absolute Gasteiger partial charge is 0.204 e. The van der Waals surface area contributed by atoms with Crippen molar-refractivity contribution in [2.75, 3.05) is 0 Å². The lowest BCUT2D eigenvalue weighted by molar-refractivity contribution is 0.445. The van der Waals surface area contributed by atoms with E-state index < -0.39 is 22.8 Å². The van der Waals surface area contributed by atoms with E-state index in [1.165, 1.54) is 11.3 Å². The molecular formula is C11H4BrCl2F3S. The fourth-order valence-electron chi connectivity index (χ4n) is 1.37. The molecule has 0 saturated heterocycles. The second-order valence-corrected chi connectivity index (χ2v) is 6.68. The minimum absolute atomic E-state index is 0.137. The van der Waals surface area contributed by atoms with Crippen LogP contribution >= 0.6 is 50.5 Å². The lowest BCUT2D eigenvalue weighted by Crippen LogP contribution is -1.97. The van der Waals surface area contributed by atoms with Gasteiger partial charge in [0.1, 0.15) is 0 Å². The molecular weight excluding hydrogens is 372 g/mol. The van der Waals surface area contributed by atoms with Crippen LogP contribution in [0.5, 0.6) is 0 Å². The van der Waals surface area contributed by atoms with Gasteiger partial charge >= 0.3 is 0 Å². The standard InChI is InChI=1S/C11H4BrCl2F3S/c12-11-5(13)3-8(18-11)9(14)4-1-6(15)10(17)7(16)2-4/h1-3,9H. The van der Waals surface area contributed by atoms with Gasteiger partial charge < -0.3 is 0 Å². The number of hydrogen-bond acceptors (Lipinski definition) is 1. The maximum absolute atomic E-state index is 13.1. The molecule has 0 aliphatic heterocycles. The number of halogens is 6. The van der Waals surface area contributed by atoms with Crippen LogP contribution in [0.3, 0.4) is 0 Å². The highest BCUT2D eigenvalue weighted by Crippen LogP contribution is 2.40. The SMILES string of the molecule is Fc1cc(C(Cl)c2cc(Cl)c(Br)s2)cc(F)c1F. The van der Waals surface area contributed by atoms with Gasteiger partial charge in [-0.2, -0.15) is 0 Å². The first kappa shape index (κ1) is 14.2.